The first-order valence-electron chi connectivity index (χ1n) is 6.81. The highest BCUT2D eigenvalue weighted by Crippen LogP contribution is 2.33. The van der Waals surface area contributed by atoms with Crippen LogP contribution in [0.25, 0.3) is 0 Å². The summed E-state index contributed by atoms with van der Waals surface area (Å²) in [7, 11) is 1.92. The van der Waals surface area contributed by atoms with Gasteiger partial charge in [0.15, 0.2) is 0 Å². The molecule has 3 nitrogen and oxygen atoms in total. The molecule has 0 aliphatic rings. The van der Waals surface area contributed by atoms with Gasteiger partial charge >= 0.3 is 0 Å². The van der Waals surface area contributed by atoms with Crippen molar-refractivity contribution in [3.63, 3.8) is 0 Å². The van der Waals surface area contributed by atoms with Crippen molar-refractivity contribution in [2.75, 3.05) is 6.54 Å². The minimum absolute atomic E-state index is 0.0901. The highest BCUT2D eigenvalue weighted by Gasteiger charge is 2.20. The SMILES string of the molecule is CCNC(Cc1c(Cl)c(C)nn1C)c1cccc(Br)c1Cl. The molecule has 114 valence electrons. The molecule has 1 aromatic carbocycles. The van der Waals surface area contributed by atoms with Gasteiger partial charge in [-0.1, -0.05) is 42.3 Å². The average molecular weight is 391 g/mol. The molecule has 0 amide bonds. The van der Waals surface area contributed by atoms with Crippen LogP contribution in [0.5, 0.6) is 0 Å². The van der Waals surface area contributed by atoms with E-state index in [-0.39, 0.29) is 6.04 Å². The maximum absolute atomic E-state index is 6.43. The Morgan fingerprint density at radius 3 is 2.62 bits per heavy atom. The van der Waals surface area contributed by atoms with Crippen LogP contribution >= 0.6 is 39.1 Å². The first kappa shape index (κ1) is 16.8. The number of aromatic nitrogens is 2. The summed E-state index contributed by atoms with van der Waals surface area (Å²) in [4.78, 5) is 0. The van der Waals surface area contributed by atoms with Crippen LogP contribution in [0.3, 0.4) is 0 Å². The van der Waals surface area contributed by atoms with Gasteiger partial charge in [0.1, 0.15) is 0 Å². The average Bonchev–Trinajstić information content (AvgIpc) is 2.68. The predicted octanol–water partition coefficient (Wildman–Crippen LogP) is 4.69. The van der Waals surface area contributed by atoms with Crippen molar-refractivity contribution in [2.24, 2.45) is 7.05 Å². The molecule has 1 N–H and O–H groups in total. The maximum Gasteiger partial charge on any atom is 0.0847 e. The number of halogens is 3. The van der Waals surface area contributed by atoms with Gasteiger partial charge in [-0.3, -0.25) is 4.68 Å². The molecule has 0 fully saturated rings. The molecule has 1 aromatic heterocycles. The van der Waals surface area contributed by atoms with E-state index in [0.29, 0.717) is 0 Å². The summed E-state index contributed by atoms with van der Waals surface area (Å²) < 4.78 is 2.74. The lowest BCUT2D eigenvalue weighted by molar-refractivity contribution is 0.529. The smallest absolute Gasteiger partial charge is 0.0847 e. The number of hydrogen-bond donors (Lipinski definition) is 1. The molecular weight excluding hydrogens is 373 g/mol. The Hall–Kier alpha value is -0.550. The minimum Gasteiger partial charge on any atom is -0.310 e. The van der Waals surface area contributed by atoms with Gasteiger partial charge in [0.05, 0.1) is 21.4 Å². The first-order valence-corrected chi connectivity index (χ1v) is 8.35. The topological polar surface area (TPSA) is 29.9 Å². The fourth-order valence-electron chi connectivity index (χ4n) is 2.42. The molecule has 0 bridgehead atoms. The Bertz CT molecular complexity index is 640. The second-order valence-electron chi connectivity index (χ2n) is 4.93. The van der Waals surface area contributed by atoms with Crippen molar-refractivity contribution in [3.8, 4) is 0 Å². The molecule has 1 unspecified atom stereocenters. The zero-order chi connectivity index (χ0) is 15.6. The molecule has 1 heterocycles. The highest BCUT2D eigenvalue weighted by molar-refractivity contribution is 9.10. The molecule has 0 saturated heterocycles. The highest BCUT2D eigenvalue weighted by atomic mass is 79.9. The molecule has 1 atom stereocenters. The molecule has 0 spiro atoms. The second kappa shape index (κ2) is 7.14. The van der Waals surface area contributed by atoms with E-state index in [1.165, 1.54) is 0 Å². The molecule has 0 aliphatic carbocycles. The lowest BCUT2D eigenvalue weighted by Crippen LogP contribution is -2.24. The molecular formula is C15H18BrCl2N3. The van der Waals surface area contributed by atoms with E-state index in [1.807, 2.05) is 36.9 Å². The minimum atomic E-state index is 0.0901. The number of benzene rings is 1. The number of nitrogens with zero attached hydrogens (tertiary/aromatic N) is 2. The van der Waals surface area contributed by atoms with Gasteiger partial charge in [-0.25, -0.2) is 0 Å². The molecule has 2 rings (SSSR count). The van der Waals surface area contributed by atoms with Crippen LogP contribution in [0.4, 0.5) is 0 Å². The van der Waals surface area contributed by atoms with Crippen molar-refractivity contribution in [3.05, 3.63) is 49.7 Å². The normalized spacial score (nSPS) is 12.7. The second-order valence-corrected chi connectivity index (χ2v) is 6.54. The fourth-order valence-corrected chi connectivity index (χ4v) is 3.30. The van der Waals surface area contributed by atoms with Gasteiger partial charge in [0.25, 0.3) is 0 Å². The summed E-state index contributed by atoms with van der Waals surface area (Å²) in [5.41, 5.74) is 2.92. The third-order valence-corrected chi connectivity index (χ3v) is 5.27. The Morgan fingerprint density at radius 2 is 2.05 bits per heavy atom. The van der Waals surface area contributed by atoms with Gasteiger partial charge in [0, 0.05) is 24.0 Å². The molecule has 0 aliphatic heterocycles. The summed E-state index contributed by atoms with van der Waals surface area (Å²) in [6.07, 6.45) is 0.736. The summed E-state index contributed by atoms with van der Waals surface area (Å²) in [5.74, 6) is 0. The van der Waals surface area contributed by atoms with Crippen LogP contribution in [0.15, 0.2) is 22.7 Å². The summed E-state index contributed by atoms with van der Waals surface area (Å²) >= 11 is 16.3. The van der Waals surface area contributed by atoms with Crippen LogP contribution in [0.2, 0.25) is 10.0 Å². The Kier molecular flexibility index (Phi) is 5.72. The first-order chi connectivity index (χ1) is 9.95. The molecule has 2 aromatic rings. The van der Waals surface area contributed by atoms with Crippen molar-refractivity contribution in [1.29, 1.82) is 0 Å². The van der Waals surface area contributed by atoms with Gasteiger partial charge in [-0.05, 0) is 41.0 Å². The van der Waals surface area contributed by atoms with E-state index in [9.17, 15) is 0 Å². The van der Waals surface area contributed by atoms with Crippen molar-refractivity contribution in [1.82, 2.24) is 15.1 Å². The monoisotopic (exact) mass is 389 g/mol. The lowest BCUT2D eigenvalue weighted by Gasteiger charge is -2.20. The number of rotatable bonds is 5. The van der Waals surface area contributed by atoms with Gasteiger partial charge in [-0.2, -0.15) is 5.10 Å². The van der Waals surface area contributed by atoms with Crippen LogP contribution in [-0.2, 0) is 13.5 Å². The molecule has 0 radical (unpaired) electrons. The van der Waals surface area contributed by atoms with E-state index in [4.69, 9.17) is 23.2 Å². The van der Waals surface area contributed by atoms with E-state index >= 15 is 0 Å². The van der Waals surface area contributed by atoms with Crippen molar-refractivity contribution >= 4 is 39.1 Å². The van der Waals surface area contributed by atoms with E-state index in [2.05, 4.69) is 33.3 Å². The summed E-state index contributed by atoms with van der Waals surface area (Å²) in [5, 5.41) is 9.31. The van der Waals surface area contributed by atoms with E-state index in [0.717, 1.165) is 44.4 Å². The number of hydrogen-bond acceptors (Lipinski definition) is 2. The number of nitrogens with one attached hydrogen (secondary N) is 1. The van der Waals surface area contributed by atoms with Gasteiger partial charge in [0.2, 0.25) is 0 Å². The van der Waals surface area contributed by atoms with E-state index < -0.39 is 0 Å². The Morgan fingerprint density at radius 1 is 1.33 bits per heavy atom. The van der Waals surface area contributed by atoms with Crippen LogP contribution in [-0.4, -0.2) is 16.3 Å². The summed E-state index contributed by atoms with van der Waals surface area (Å²) in [6, 6.07) is 6.06. The zero-order valence-electron chi connectivity index (χ0n) is 12.3. The van der Waals surface area contributed by atoms with Crippen LogP contribution in [0.1, 0.15) is 29.9 Å². The molecule has 21 heavy (non-hydrogen) atoms. The molecule has 6 heteroatoms. The Balaban J connectivity index is 2.38. The van der Waals surface area contributed by atoms with Gasteiger partial charge < -0.3 is 5.32 Å². The van der Waals surface area contributed by atoms with Gasteiger partial charge in [-0.15, -0.1) is 0 Å². The Labute approximate surface area is 143 Å². The lowest BCUT2D eigenvalue weighted by atomic mass is 10.0. The van der Waals surface area contributed by atoms with Crippen LogP contribution in [0, 0.1) is 6.92 Å². The van der Waals surface area contributed by atoms with Crippen LogP contribution < -0.4 is 5.32 Å². The number of aryl methyl sites for hydroxylation is 2. The van der Waals surface area contributed by atoms with Crippen molar-refractivity contribution < 1.29 is 0 Å². The quantitative estimate of drug-likeness (QED) is 0.802. The van der Waals surface area contributed by atoms with Crippen molar-refractivity contribution in [2.45, 2.75) is 26.3 Å². The molecule has 0 saturated carbocycles. The third-order valence-electron chi connectivity index (χ3n) is 3.47. The predicted molar refractivity (Wildman–Crippen MR) is 92.2 cm³/mol. The zero-order valence-corrected chi connectivity index (χ0v) is 15.3. The summed E-state index contributed by atoms with van der Waals surface area (Å²) in [6.45, 7) is 4.84. The maximum atomic E-state index is 6.43. The fraction of sp³-hybridized carbons (Fsp3) is 0.400. The number of likely N-dealkylation sites (N-methyl/N-ethyl adjacent to an activating group) is 1. The largest absolute Gasteiger partial charge is 0.310 e. The third kappa shape index (κ3) is 3.62. The van der Waals surface area contributed by atoms with E-state index in [1.54, 1.807) is 0 Å². The standard InChI is InChI=1S/C15H18BrCl2N3/c1-4-19-12(10-6-5-7-11(16)15(10)18)8-13-14(17)9(2)20-21(13)3/h5-7,12,19H,4,8H2,1-3H3.